The fourth-order valence-corrected chi connectivity index (χ4v) is 4.54. The number of nitrogens with zero attached hydrogens (tertiary/aromatic N) is 4. The SMILES string of the molecule is CCn1nccc1C(=O)N1CC(=O)N2[C@@H](C[C@H](C(=O)OC)[C@@H]2c2ccccc2)C1. The lowest BCUT2D eigenvalue weighted by atomic mass is 9.93. The van der Waals surface area contributed by atoms with Crippen LogP contribution in [0.25, 0.3) is 0 Å². The summed E-state index contributed by atoms with van der Waals surface area (Å²) < 4.78 is 6.64. The minimum absolute atomic E-state index is 0.0124. The fourth-order valence-electron chi connectivity index (χ4n) is 4.54. The topological polar surface area (TPSA) is 84.7 Å². The molecule has 2 aliphatic heterocycles. The number of piperazine rings is 1. The second kappa shape index (κ2) is 7.69. The number of fused-ring (bicyclic) bond motifs is 1. The third-order valence-electron chi connectivity index (χ3n) is 5.81. The number of aromatic nitrogens is 2. The van der Waals surface area contributed by atoms with Crippen molar-refractivity contribution in [3.63, 3.8) is 0 Å². The van der Waals surface area contributed by atoms with Gasteiger partial charge in [0.25, 0.3) is 5.91 Å². The molecule has 2 amide bonds. The summed E-state index contributed by atoms with van der Waals surface area (Å²) in [7, 11) is 1.37. The fraction of sp³-hybridized carbons (Fsp3) is 0.429. The van der Waals surface area contributed by atoms with E-state index in [-0.39, 0.29) is 36.4 Å². The zero-order chi connectivity index (χ0) is 20.5. The van der Waals surface area contributed by atoms with Gasteiger partial charge in [0.1, 0.15) is 12.2 Å². The maximum atomic E-state index is 13.1. The van der Waals surface area contributed by atoms with Crippen LogP contribution in [-0.4, -0.2) is 63.6 Å². The van der Waals surface area contributed by atoms with E-state index in [1.807, 2.05) is 37.3 Å². The first kappa shape index (κ1) is 19.2. The summed E-state index contributed by atoms with van der Waals surface area (Å²) in [5.41, 5.74) is 1.37. The third-order valence-corrected chi connectivity index (χ3v) is 5.81. The highest BCUT2D eigenvalue weighted by atomic mass is 16.5. The molecule has 0 bridgehead atoms. The van der Waals surface area contributed by atoms with Gasteiger partial charge in [-0.2, -0.15) is 5.10 Å². The molecular weight excluding hydrogens is 372 g/mol. The van der Waals surface area contributed by atoms with E-state index < -0.39 is 5.92 Å². The molecule has 1 aromatic carbocycles. The smallest absolute Gasteiger partial charge is 0.311 e. The van der Waals surface area contributed by atoms with Crippen LogP contribution in [0.3, 0.4) is 0 Å². The van der Waals surface area contributed by atoms with E-state index in [4.69, 9.17) is 4.74 Å². The van der Waals surface area contributed by atoms with Crippen molar-refractivity contribution in [3.8, 4) is 0 Å². The predicted octanol–water partition coefficient (Wildman–Crippen LogP) is 1.49. The minimum Gasteiger partial charge on any atom is -0.469 e. The summed E-state index contributed by atoms with van der Waals surface area (Å²) in [4.78, 5) is 41.9. The molecule has 0 aliphatic carbocycles. The molecule has 3 atom stereocenters. The van der Waals surface area contributed by atoms with E-state index in [0.717, 1.165) is 5.56 Å². The Morgan fingerprint density at radius 3 is 2.66 bits per heavy atom. The lowest BCUT2D eigenvalue weighted by Gasteiger charge is -2.40. The van der Waals surface area contributed by atoms with Gasteiger partial charge in [0.2, 0.25) is 5.91 Å². The molecule has 1 aromatic heterocycles. The highest BCUT2D eigenvalue weighted by molar-refractivity contribution is 5.96. The molecule has 152 valence electrons. The maximum absolute atomic E-state index is 13.1. The first-order valence-electron chi connectivity index (χ1n) is 9.80. The molecule has 3 heterocycles. The van der Waals surface area contributed by atoms with E-state index in [1.54, 1.807) is 26.7 Å². The van der Waals surface area contributed by atoms with Gasteiger partial charge < -0.3 is 14.5 Å². The van der Waals surface area contributed by atoms with Gasteiger partial charge in [0.15, 0.2) is 0 Å². The Labute approximate surface area is 169 Å². The lowest BCUT2D eigenvalue weighted by molar-refractivity contribution is -0.147. The van der Waals surface area contributed by atoms with Gasteiger partial charge in [0, 0.05) is 19.3 Å². The van der Waals surface area contributed by atoms with E-state index in [9.17, 15) is 14.4 Å². The zero-order valence-corrected chi connectivity index (χ0v) is 16.5. The van der Waals surface area contributed by atoms with Crippen molar-refractivity contribution in [3.05, 3.63) is 53.9 Å². The maximum Gasteiger partial charge on any atom is 0.311 e. The van der Waals surface area contributed by atoms with Gasteiger partial charge in [-0.05, 0) is 25.0 Å². The Balaban J connectivity index is 1.63. The number of hydrogen-bond acceptors (Lipinski definition) is 5. The third kappa shape index (κ3) is 3.28. The number of carbonyl (C=O) groups is 3. The Bertz CT molecular complexity index is 926. The number of amides is 2. The molecular formula is C21H24N4O4. The summed E-state index contributed by atoms with van der Waals surface area (Å²) in [6.45, 7) is 2.86. The lowest BCUT2D eigenvalue weighted by Crippen LogP contribution is -2.56. The van der Waals surface area contributed by atoms with Crippen molar-refractivity contribution < 1.29 is 19.1 Å². The second-order valence-corrected chi connectivity index (χ2v) is 7.39. The number of benzene rings is 1. The van der Waals surface area contributed by atoms with Crippen LogP contribution < -0.4 is 0 Å². The molecule has 8 heteroatoms. The monoisotopic (exact) mass is 396 g/mol. The molecule has 0 radical (unpaired) electrons. The molecule has 0 unspecified atom stereocenters. The van der Waals surface area contributed by atoms with E-state index in [2.05, 4.69) is 5.10 Å². The molecule has 2 aromatic rings. The van der Waals surface area contributed by atoms with Gasteiger partial charge in [-0.15, -0.1) is 0 Å². The van der Waals surface area contributed by atoms with E-state index in [1.165, 1.54) is 7.11 Å². The van der Waals surface area contributed by atoms with Crippen molar-refractivity contribution >= 4 is 17.8 Å². The average molecular weight is 396 g/mol. The molecule has 2 fully saturated rings. The Morgan fingerprint density at radius 1 is 1.21 bits per heavy atom. The van der Waals surface area contributed by atoms with Crippen molar-refractivity contribution in [1.82, 2.24) is 19.6 Å². The highest BCUT2D eigenvalue weighted by Crippen LogP contribution is 2.43. The Morgan fingerprint density at radius 2 is 1.97 bits per heavy atom. The molecule has 8 nitrogen and oxygen atoms in total. The van der Waals surface area contributed by atoms with Crippen molar-refractivity contribution in [2.75, 3.05) is 20.2 Å². The molecule has 0 spiro atoms. The van der Waals surface area contributed by atoms with Gasteiger partial charge in [-0.1, -0.05) is 30.3 Å². The molecule has 2 saturated heterocycles. The summed E-state index contributed by atoms with van der Waals surface area (Å²) >= 11 is 0. The highest BCUT2D eigenvalue weighted by Gasteiger charge is 2.51. The Hall–Kier alpha value is -3.16. The number of rotatable bonds is 4. The van der Waals surface area contributed by atoms with Crippen molar-refractivity contribution in [2.24, 2.45) is 5.92 Å². The first-order chi connectivity index (χ1) is 14.0. The van der Waals surface area contributed by atoms with Crippen LogP contribution in [0.5, 0.6) is 0 Å². The van der Waals surface area contributed by atoms with E-state index in [0.29, 0.717) is 25.2 Å². The zero-order valence-electron chi connectivity index (χ0n) is 16.5. The van der Waals surface area contributed by atoms with Crippen LogP contribution in [0, 0.1) is 5.92 Å². The summed E-state index contributed by atoms with van der Waals surface area (Å²) in [6, 6.07) is 10.6. The molecule has 0 N–H and O–H groups in total. The predicted molar refractivity (Wildman–Crippen MR) is 104 cm³/mol. The van der Waals surface area contributed by atoms with Crippen LogP contribution in [0.15, 0.2) is 42.6 Å². The first-order valence-corrected chi connectivity index (χ1v) is 9.80. The standard InChI is InChI=1S/C21H24N4O4/c1-3-24-17(9-10-22-24)20(27)23-12-15-11-16(21(28)29-2)19(25(15)18(26)13-23)14-7-5-4-6-8-14/h4-10,15-16,19H,3,11-13H2,1-2H3/t15-,16-,19-/m0/s1. The minimum atomic E-state index is -0.451. The summed E-state index contributed by atoms with van der Waals surface area (Å²) in [6.07, 6.45) is 2.05. The quantitative estimate of drug-likeness (QED) is 0.731. The largest absolute Gasteiger partial charge is 0.469 e. The van der Waals surface area contributed by atoms with Crippen LogP contribution in [0.4, 0.5) is 0 Å². The summed E-state index contributed by atoms with van der Waals surface area (Å²) in [5.74, 6) is -1.15. The average Bonchev–Trinajstić information content (AvgIpc) is 3.38. The normalized spacial score (nSPS) is 23.8. The van der Waals surface area contributed by atoms with Crippen LogP contribution in [0.1, 0.15) is 35.4 Å². The number of aryl methyl sites for hydroxylation is 1. The molecule has 4 rings (SSSR count). The molecule has 0 saturated carbocycles. The summed E-state index contributed by atoms with van der Waals surface area (Å²) in [5, 5.41) is 4.15. The van der Waals surface area contributed by atoms with Crippen LogP contribution >= 0.6 is 0 Å². The number of hydrogen-bond donors (Lipinski definition) is 0. The number of ether oxygens (including phenoxy) is 1. The van der Waals surface area contributed by atoms with Crippen molar-refractivity contribution in [2.45, 2.75) is 32.0 Å². The number of esters is 1. The van der Waals surface area contributed by atoms with Crippen molar-refractivity contribution in [1.29, 1.82) is 0 Å². The van der Waals surface area contributed by atoms with Gasteiger partial charge >= 0.3 is 5.97 Å². The molecule has 2 aliphatic rings. The van der Waals surface area contributed by atoms with Gasteiger partial charge in [-0.3, -0.25) is 19.1 Å². The second-order valence-electron chi connectivity index (χ2n) is 7.39. The number of methoxy groups -OCH3 is 1. The van der Waals surface area contributed by atoms with Crippen LogP contribution in [0.2, 0.25) is 0 Å². The van der Waals surface area contributed by atoms with Crippen LogP contribution in [-0.2, 0) is 20.9 Å². The molecule has 29 heavy (non-hydrogen) atoms. The number of carbonyl (C=O) groups excluding carboxylic acids is 3. The van der Waals surface area contributed by atoms with Gasteiger partial charge in [0.05, 0.1) is 25.1 Å². The Kier molecular flexibility index (Phi) is 5.08. The van der Waals surface area contributed by atoms with E-state index >= 15 is 0 Å². The van der Waals surface area contributed by atoms with Gasteiger partial charge in [-0.25, -0.2) is 0 Å².